The Balaban J connectivity index is 2.20. The van der Waals surface area contributed by atoms with Gasteiger partial charge in [0, 0.05) is 18.7 Å². The molecule has 1 N–H and O–H groups in total. The van der Waals surface area contributed by atoms with Crippen LogP contribution < -0.4 is 15.0 Å². The van der Waals surface area contributed by atoms with Gasteiger partial charge in [-0.1, -0.05) is 26.7 Å². The molecule has 0 bridgehead atoms. The molecule has 1 aliphatic rings. The van der Waals surface area contributed by atoms with Crippen molar-refractivity contribution < 1.29 is 14.3 Å². The van der Waals surface area contributed by atoms with Crippen molar-refractivity contribution in [2.24, 2.45) is 0 Å². The monoisotopic (exact) mass is 318 g/mol. The highest BCUT2D eigenvalue weighted by Crippen LogP contribution is 2.36. The van der Waals surface area contributed by atoms with Crippen LogP contribution in [-0.4, -0.2) is 24.5 Å². The summed E-state index contributed by atoms with van der Waals surface area (Å²) in [4.78, 5) is 26.0. The zero-order valence-corrected chi connectivity index (χ0v) is 14.2. The lowest BCUT2D eigenvalue weighted by atomic mass is 10.1. The van der Waals surface area contributed by atoms with E-state index in [4.69, 9.17) is 4.74 Å². The number of unbranched alkanes of at least 4 members (excludes halogenated alkanes) is 2. The van der Waals surface area contributed by atoms with E-state index in [-0.39, 0.29) is 11.8 Å². The lowest BCUT2D eigenvalue weighted by Gasteiger charge is -2.33. The van der Waals surface area contributed by atoms with Crippen molar-refractivity contribution in [1.29, 1.82) is 0 Å². The Hall–Kier alpha value is -2.04. The Morgan fingerprint density at radius 3 is 2.70 bits per heavy atom. The van der Waals surface area contributed by atoms with Crippen molar-refractivity contribution in [2.75, 3.05) is 16.8 Å². The zero-order chi connectivity index (χ0) is 16.8. The molecule has 5 nitrogen and oxygen atoms in total. The third-order valence-corrected chi connectivity index (χ3v) is 3.94. The van der Waals surface area contributed by atoms with E-state index in [9.17, 15) is 9.59 Å². The second kappa shape index (κ2) is 7.99. The number of carbonyl (C=O) groups excluding carboxylic acids is 2. The predicted octanol–water partition coefficient (Wildman–Crippen LogP) is 3.73. The van der Waals surface area contributed by atoms with Crippen LogP contribution in [0.1, 0.15) is 52.9 Å². The van der Waals surface area contributed by atoms with Crippen LogP contribution in [0, 0.1) is 0 Å². The van der Waals surface area contributed by atoms with E-state index in [1.165, 1.54) is 0 Å². The maximum atomic E-state index is 12.4. The van der Waals surface area contributed by atoms with Crippen molar-refractivity contribution in [3.8, 4) is 5.75 Å². The Labute approximate surface area is 138 Å². The van der Waals surface area contributed by atoms with Crippen molar-refractivity contribution in [3.63, 3.8) is 0 Å². The zero-order valence-electron chi connectivity index (χ0n) is 14.2. The van der Waals surface area contributed by atoms with Crippen LogP contribution in [-0.2, 0) is 9.59 Å². The molecule has 2 amide bonds. The summed E-state index contributed by atoms with van der Waals surface area (Å²) in [5.74, 6) is 0.670. The third kappa shape index (κ3) is 4.24. The van der Waals surface area contributed by atoms with E-state index in [2.05, 4.69) is 19.2 Å². The van der Waals surface area contributed by atoms with Crippen molar-refractivity contribution in [2.45, 2.75) is 59.0 Å². The Morgan fingerprint density at radius 1 is 1.26 bits per heavy atom. The minimum atomic E-state index is -0.468. The number of hydrogen-bond acceptors (Lipinski definition) is 3. The fraction of sp³-hybridized carbons (Fsp3) is 0.556. The first kappa shape index (κ1) is 17.3. The number of benzene rings is 1. The standard InChI is InChI=1S/C18H26N2O3/c1-4-6-8-17(21)19-14-9-10-16-15(12-14)20(11-7-5-2)18(22)13(3)23-16/h9-10,12-13H,4-8,11H2,1-3H3,(H,19,21). The van der Waals surface area contributed by atoms with Crippen molar-refractivity contribution >= 4 is 23.2 Å². The third-order valence-electron chi connectivity index (χ3n) is 3.94. The van der Waals surface area contributed by atoms with Gasteiger partial charge in [0.05, 0.1) is 5.69 Å². The molecule has 0 fully saturated rings. The van der Waals surface area contributed by atoms with Gasteiger partial charge in [-0.25, -0.2) is 0 Å². The summed E-state index contributed by atoms with van der Waals surface area (Å²) in [6.45, 7) is 6.59. The second-order valence-electron chi connectivity index (χ2n) is 5.94. The molecule has 1 aliphatic heterocycles. The molecule has 0 saturated carbocycles. The highest BCUT2D eigenvalue weighted by atomic mass is 16.5. The van der Waals surface area contributed by atoms with Gasteiger partial charge >= 0.3 is 0 Å². The summed E-state index contributed by atoms with van der Waals surface area (Å²) < 4.78 is 5.68. The molecule has 126 valence electrons. The quantitative estimate of drug-likeness (QED) is 0.833. The molecule has 0 radical (unpaired) electrons. The molecule has 23 heavy (non-hydrogen) atoms. The predicted molar refractivity (Wildman–Crippen MR) is 91.9 cm³/mol. The Morgan fingerprint density at radius 2 is 2.00 bits per heavy atom. The fourth-order valence-electron chi connectivity index (χ4n) is 2.59. The SMILES string of the molecule is CCCCC(=O)Nc1ccc2c(c1)N(CCCC)C(=O)C(C)O2. The molecule has 1 unspecified atom stereocenters. The van der Waals surface area contributed by atoms with Gasteiger partial charge in [0.1, 0.15) is 5.75 Å². The molecule has 5 heteroatoms. The highest BCUT2D eigenvalue weighted by Gasteiger charge is 2.31. The van der Waals surface area contributed by atoms with Crippen LogP contribution in [0.2, 0.25) is 0 Å². The number of carbonyl (C=O) groups is 2. The van der Waals surface area contributed by atoms with Crippen LogP contribution in [0.15, 0.2) is 18.2 Å². The maximum Gasteiger partial charge on any atom is 0.267 e. The van der Waals surface area contributed by atoms with E-state index < -0.39 is 6.10 Å². The second-order valence-corrected chi connectivity index (χ2v) is 5.94. The molecule has 1 heterocycles. The normalized spacial score (nSPS) is 16.7. The molecule has 0 aromatic heterocycles. The first-order chi connectivity index (χ1) is 11.1. The summed E-state index contributed by atoms with van der Waals surface area (Å²) >= 11 is 0. The molecule has 0 spiro atoms. The molecule has 1 aromatic rings. The maximum absolute atomic E-state index is 12.4. The number of nitrogens with one attached hydrogen (secondary N) is 1. The summed E-state index contributed by atoms with van der Waals surface area (Å²) in [7, 11) is 0. The van der Waals surface area contributed by atoms with Gasteiger partial charge < -0.3 is 15.0 Å². The summed E-state index contributed by atoms with van der Waals surface area (Å²) in [6, 6.07) is 5.48. The number of ether oxygens (including phenoxy) is 1. The van der Waals surface area contributed by atoms with Crippen LogP contribution in [0.5, 0.6) is 5.75 Å². The number of hydrogen-bond donors (Lipinski definition) is 1. The van der Waals surface area contributed by atoms with Gasteiger partial charge in [-0.3, -0.25) is 9.59 Å². The summed E-state index contributed by atoms with van der Waals surface area (Å²) in [5, 5.41) is 2.90. The van der Waals surface area contributed by atoms with Gasteiger partial charge in [0.15, 0.2) is 6.10 Å². The molecular weight excluding hydrogens is 292 g/mol. The van der Waals surface area contributed by atoms with Gasteiger partial charge in [0.25, 0.3) is 5.91 Å². The van der Waals surface area contributed by atoms with E-state index >= 15 is 0 Å². The summed E-state index contributed by atoms with van der Waals surface area (Å²) in [6.07, 6.45) is 3.86. The average molecular weight is 318 g/mol. The molecular formula is C18H26N2O3. The number of fused-ring (bicyclic) bond motifs is 1. The average Bonchev–Trinajstić information content (AvgIpc) is 2.54. The number of anilines is 2. The fourth-order valence-corrected chi connectivity index (χ4v) is 2.59. The highest BCUT2D eigenvalue weighted by molar-refractivity contribution is 6.01. The van der Waals surface area contributed by atoms with Crippen molar-refractivity contribution in [3.05, 3.63) is 18.2 Å². The van der Waals surface area contributed by atoms with E-state index in [0.29, 0.717) is 24.4 Å². The number of nitrogens with zero attached hydrogens (tertiary/aromatic N) is 1. The molecule has 1 atom stereocenters. The molecule has 0 saturated heterocycles. The Kier molecular flexibility index (Phi) is 6.02. The lowest BCUT2D eigenvalue weighted by molar-refractivity contribution is -0.125. The van der Waals surface area contributed by atoms with Gasteiger partial charge in [-0.15, -0.1) is 0 Å². The van der Waals surface area contributed by atoms with Crippen LogP contribution >= 0.6 is 0 Å². The van der Waals surface area contributed by atoms with E-state index in [1.807, 2.05) is 18.2 Å². The van der Waals surface area contributed by atoms with Gasteiger partial charge in [-0.2, -0.15) is 0 Å². The first-order valence-corrected chi connectivity index (χ1v) is 8.48. The van der Waals surface area contributed by atoms with E-state index in [0.717, 1.165) is 31.4 Å². The minimum absolute atomic E-state index is 0.00308. The lowest BCUT2D eigenvalue weighted by Crippen LogP contribution is -2.44. The molecule has 2 rings (SSSR count). The largest absolute Gasteiger partial charge is 0.479 e. The van der Waals surface area contributed by atoms with Crippen molar-refractivity contribution in [1.82, 2.24) is 0 Å². The van der Waals surface area contributed by atoms with Crippen LogP contribution in [0.25, 0.3) is 0 Å². The summed E-state index contributed by atoms with van der Waals surface area (Å²) in [5.41, 5.74) is 1.45. The minimum Gasteiger partial charge on any atom is -0.479 e. The van der Waals surface area contributed by atoms with Crippen LogP contribution in [0.4, 0.5) is 11.4 Å². The Bertz CT molecular complexity index is 571. The smallest absolute Gasteiger partial charge is 0.267 e. The molecule has 1 aromatic carbocycles. The van der Waals surface area contributed by atoms with Gasteiger partial charge in [-0.05, 0) is 38.0 Å². The topological polar surface area (TPSA) is 58.6 Å². The van der Waals surface area contributed by atoms with Crippen LogP contribution in [0.3, 0.4) is 0 Å². The first-order valence-electron chi connectivity index (χ1n) is 8.48. The van der Waals surface area contributed by atoms with Gasteiger partial charge in [0.2, 0.25) is 5.91 Å². The van der Waals surface area contributed by atoms with E-state index in [1.54, 1.807) is 11.8 Å². The number of amides is 2. The molecule has 0 aliphatic carbocycles. The number of rotatable bonds is 7.